The smallest absolute Gasteiger partial charge is 0.166 e. The minimum Gasteiger partial charge on any atom is -0.497 e. The van der Waals surface area contributed by atoms with Gasteiger partial charge in [-0.1, -0.05) is 30.3 Å². The van der Waals surface area contributed by atoms with Crippen molar-refractivity contribution in [3.63, 3.8) is 0 Å². The predicted molar refractivity (Wildman–Crippen MR) is 116 cm³/mol. The summed E-state index contributed by atoms with van der Waals surface area (Å²) in [6.45, 7) is -0.423. The molecule has 2 aromatic carbocycles. The molecule has 0 saturated carbocycles. The van der Waals surface area contributed by atoms with E-state index >= 15 is 0 Å². The topological polar surface area (TPSA) is 123 Å². The van der Waals surface area contributed by atoms with E-state index in [1.165, 1.54) is 6.33 Å². The van der Waals surface area contributed by atoms with Crippen LogP contribution < -0.4 is 4.74 Å². The Bertz CT molecular complexity index is 1230. The van der Waals surface area contributed by atoms with Crippen molar-refractivity contribution in [1.82, 2.24) is 19.5 Å². The van der Waals surface area contributed by atoms with Crippen molar-refractivity contribution in [2.75, 3.05) is 13.7 Å². The zero-order valence-corrected chi connectivity index (χ0v) is 17.2. The van der Waals surface area contributed by atoms with E-state index < -0.39 is 31.1 Å². The summed E-state index contributed by atoms with van der Waals surface area (Å²) in [5.41, 5.74) is 3.18. The number of nitrogens with zero attached hydrogens (tertiary/aromatic N) is 4. The Balaban J connectivity index is 1.73. The van der Waals surface area contributed by atoms with Crippen LogP contribution in [0.1, 0.15) is 6.23 Å². The minimum absolute atomic E-state index is 0.423. The van der Waals surface area contributed by atoms with Crippen LogP contribution in [0.15, 0.2) is 60.9 Å². The fourth-order valence-electron chi connectivity index (χ4n) is 3.99. The van der Waals surface area contributed by atoms with Gasteiger partial charge in [0, 0.05) is 11.1 Å². The molecule has 32 heavy (non-hydrogen) atoms. The molecule has 9 heteroatoms. The van der Waals surface area contributed by atoms with Crippen molar-refractivity contribution in [3.05, 3.63) is 60.9 Å². The molecule has 0 amide bonds. The highest BCUT2D eigenvalue weighted by molar-refractivity contribution is 5.90. The summed E-state index contributed by atoms with van der Waals surface area (Å²) >= 11 is 0. The SMILES string of the molecule is COc1ccc(-c2ncnc3c2nc(-c2ccccc2)n3[C@@H]2O[C@H](CO)[C@@H](O)[C@H]2O)cc1. The minimum atomic E-state index is -1.27. The first kappa shape index (κ1) is 20.5. The van der Waals surface area contributed by atoms with Gasteiger partial charge < -0.3 is 24.8 Å². The second-order valence-corrected chi connectivity index (χ2v) is 7.52. The van der Waals surface area contributed by atoms with Crippen molar-refractivity contribution in [1.29, 1.82) is 0 Å². The Hall–Kier alpha value is -3.37. The number of aromatic nitrogens is 4. The zero-order chi connectivity index (χ0) is 22.2. The van der Waals surface area contributed by atoms with E-state index in [0.717, 1.165) is 16.9 Å². The van der Waals surface area contributed by atoms with Crippen LogP contribution in [0.2, 0.25) is 0 Å². The quantitative estimate of drug-likeness (QED) is 0.434. The van der Waals surface area contributed by atoms with Gasteiger partial charge in [0.05, 0.1) is 13.7 Å². The van der Waals surface area contributed by atoms with Gasteiger partial charge in [-0.15, -0.1) is 0 Å². The lowest BCUT2D eigenvalue weighted by Crippen LogP contribution is -2.33. The molecule has 1 fully saturated rings. The summed E-state index contributed by atoms with van der Waals surface area (Å²) in [5.74, 6) is 1.23. The fraction of sp³-hybridized carbons (Fsp3) is 0.261. The molecule has 2 aromatic heterocycles. The van der Waals surface area contributed by atoms with Gasteiger partial charge in [0.2, 0.25) is 0 Å². The summed E-state index contributed by atoms with van der Waals surface area (Å²) in [5, 5.41) is 30.6. The molecule has 3 heterocycles. The highest BCUT2D eigenvalue weighted by Crippen LogP contribution is 2.37. The number of hydrogen-bond acceptors (Lipinski definition) is 8. The summed E-state index contributed by atoms with van der Waals surface area (Å²) in [7, 11) is 1.60. The van der Waals surface area contributed by atoms with Crippen LogP contribution in [0, 0.1) is 0 Å². The molecule has 0 radical (unpaired) electrons. The van der Waals surface area contributed by atoms with Crippen LogP contribution in [0.5, 0.6) is 5.75 Å². The number of imidazole rings is 1. The summed E-state index contributed by atoms with van der Waals surface area (Å²) in [4.78, 5) is 13.7. The Morgan fingerprint density at radius 1 is 0.969 bits per heavy atom. The molecule has 9 nitrogen and oxygen atoms in total. The van der Waals surface area contributed by atoms with E-state index in [-0.39, 0.29) is 0 Å². The van der Waals surface area contributed by atoms with Gasteiger partial charge in [-0.3, -0.25) is 4.57 Å². The Morgan fingerprint density at radius 3 is 2.38 bits per heavy atom. The first-order chi connectivity index (χ1) is 15.6. The molecule has 4 atom stereocenters. The number of methoxy groups -OCH3 is 1. The normalized spacial score (nSPS) is 23.0. The molecule has 1 aliphatic rings. The summed E-state index contributed by atoms with van der Waals surface area (Å²) < 4.78 is 12.7. The van der Waals surface area contributed by atoms with E-state index in [9.17, 15) is 15.3 Å². The molecule has 5 rings (SSSR count). The van der Waals surface area contributed by atoms with Crippen LogP contribution in [0.3, 0.4) is 0 Å². The molecule has 3 N–H and O–H groups in total. The molecular formula is C23H22N4O5. The van der Waals surface area contributed by atoms with Crippen molar-refractivity contribution in [3.8, 4) is 28.4 Å². The molecular weight excluding hydrogens is 412 g/mol. The molecule has 0 unspecified atom stereocenters. The van der Waals surface area contributed by atoms with E-state index in [1.807, 2.05) is 54.6 Å². The van der Waals surface area contributed by atoms with Crippen molar-refractivity contribution < 1.29 is 24.8 Å². The van der Waals surface area contributed by atoms with Crippen LogP contribution in [-0.4, -0.2) is 66.9 Å². The van der Waals surface area contributed by atoms with E-state index in [2.05, 4.69) is 9.97 Å². The predicted octanol–water partition coefficient (Wildman–Crippen LogP) is 1.78. The largest absolute Gasteiger partial charge is 0.497 e. The monoisotopic (exact) mass is 434 g/mol. The molecule has 0 bridgehead atoms. The van der Waals surface area contributed by atoms with Crippen LogP contribution in [0.4, 0.5) is 0 Å². The fourth-order valence-corrected chi connectivity index (χ4v) is 3.99. The second kappa shape index (κ2) is 8.29. The maximum atomic E-state index is 10.7. The zero-order valence-electron chi connectivity index (χ0n) is 17.2. The van der Waals surface area contributed by atoms with E-state index in [0.29, 0.717) is 22.7 Å². The number of rotatable bonds is 5. The number of aliphatic hydroxyl groups excluding tert-OH is 3. The number of benzene rings is 2. The number of fused-ring (bicyclic) bond motifs is 1. The standard InChI is InChI=1S/C23H22N4O5/c1-31-15-9-7-13(8-10-15)17-18-22(25-12-24-17)27(21(26-18)14-5-3-2-4-6-14)23-20(30)19(29)16(11-28)32-23/h2-10,12,16,19-20,23,28-30H,11H2,1H3/t16-,19-,20-,23-/m1/s1. The van der Waals surface area contributed by atoms with Gasteiger partial charge in [0.15, 0.2) is 11.9 Å². The van der Waals surface area contributed by atoms with Gasteiger partial charge in [-0.25, -0.2) is 15.0 Å². The average Bonchev–Trinajstić information content (AvgIpc) is 3.37. The lowest BCUT2D eigenvalue weighted by molar-refractivity contribution is -0.0503. The average molecular weight is 434 g/mol. The van der Waals surface area contributed by atoms with Crippen molar-refractivity contribution >= 4 is 11.2 Å². The van der Waals surface area contributed by atoms with Gasteiger partial charge in [-0.05, 0) is 24.3 Å². The van der Waals surface area contributed by atoms with Crippen molar-refractivity contribution in [2.45, 2.75) is 24.5 Å². The highest BCUT2D eigenvalue weighted by atomic mass is 16.6. The molecule has 4 aromatic rings. The Labute approximate surface area is 183 Å². The van der Waals surface area contributed by atoms with Crippen LogP contribution in [0.25, 0.3) is 33.8 Å². The van der Waals surface area contributed by atoms with Gasteiger partial charge in [0.1, 0.15) is 47.4 Å². The van der Waals surface area contributed by atoms with E-state index in [1.54, 1.807) is 11.7 Å². The molecule has 0 aliphatic carbocycles. The maximum absolute atomic E-state index is 10.7. The molecule has 1 saturated heterocycles. The third-order valence-electron chi connectivity index (χ3n) is 5.64. The Morgan fingerprint density at radius 2 is 1.72 bits per heavy atom. The maximum Gasteiger partial charge on any atom is 0.166 e. The van der Waals surface area contributed by atoms with Gasteiger partial charge in [-0.2, -0.15) is 0 Å². The summed E-state index contributed by atoms with van der Waals surface area (Å²) in [6.07, 6.45) is -2.99. The van der Waals surface area contributed by atoms with Gasteiger partial charge in [0.25, 0.3) is 0 Å². The van der Waals surface area contributed by atoms with Crippen LogP contribution >= 0.6 is 0 Å². The van der Waals surface area contributed by atoms with E-state index in [4.69, 9.17) is 14.5 Å². The number of ether oxygens (including phenoxy) is 2. The number of aliphatic hydroxyl groups is 3. The molecule has 164 valence electrons. The number of hydrogen-bond donors (Lipinski definition) is 3. The van der Waals surface area contributed by atoms with Crippen LogP contribution in [-0.2, 0) is 4.74 Å². The third-order valence-corrected chi connectivity index (χ3v) is 5.64. The van der Waals surface area contributed by atoms with Crippen molar-refractivity contribution in [2.24, 2.45) is 0 Å². The lowest BCUT2D eigenvalue weighted by Gasteiger charge is -2.19. The molecule has 1 aliphatic heterocycles. The first-order valence-electron chi connectivity index (χ1n) is 10.2. The summed E-state index contributed by atoms with van der Waals surface area (Å²) in [6, 6.07) is 16.9. The highest BCUT2D eigenvalue weighted by Gasteiger charge is 2.45. The third kappa shape index (κ3) is 3.32. The van der Waals surface area contributed by atoms with Gasteiger partial charge >= 0.3 is 0 Å². The Kier molecular flexibility index (Phi) is 5.32. The second-order valence-electron chi connectivity index (χ2n) is 7.52. The lowest BCUT2D eigenvalue weighted by atomic mass is 10.1. The first-order valence-corrected chi connectivity index (χ1v) is 10.2. The molecule has 0 spiro atoms.